The van der Waals surface area contributed by atoms with Crippen LogP contribution in [0.1, 0.15) is 39.0 Å². The number of carbonyl (C=O) groups is 1. The van der Waals surface area contributed by atoms with Crippen LogP contribution in [0, 0.1) is 5.92 Å². The maximum Gasteiger partial charge on any atom is 0.303 e. The second-order valence-electron chi connectivity index (χ2n) is 3.95. The number of hydrogen-bond acceptors (Lipinski definition) is 1. The molecular formula is C12H18O2. The Bertz CT molecular complexity index is 251. The quantitative estimate of drug-likeness (QED) is 0.698. The number of carboxylic acids is 1. The van der Waals surface area contributed by atoms with Crippen molar-refractivity contribution in [2.24, 2.45) is 5.92 Å². The van der Waals surface area contributed by atoms with Crippen LogP contribution in [0.3, 0.4) is 0 Å². The van der Waals surface area contributed by atoms with E-state index in [0.29, 0.717) is 12.3 Å². The van der Waals surface area contributed by atoms with Crippen LogP contribution in [0.25, 0.3) is 0 Å². The van der Waals surface area contributed by atoms with E-state index in [-0.39, 0.29) is 6.42 Å². The van der Waals surface area contributed by atoms with Crippen LogP contribution >= 0.6 is 0 Å². The molecule has 1 unspecified atom stereocenters. The minimum absolute atomic E-state index is 0.255. The average molecular weight is 194 g/mol. The SMILES string of the molecule is C/C(=C\C1CC=CCC1)CCC(=O)O. The fourth-order valence-corrected chi connectivity index (χ4v) is 1.76. The Labute approximate surface area is 85.3 Å². The third-order valence-electron chi connectivity index (χ3n) is 2.56. The first-order chi connectivity index (χ1) is 6.68. The Kier molecular flexibility index (Phi) is 4.44. The fraction of sp³-hybridized carbons (Fsp3) is 0.583. The lowest BCUT2D eigenvalue weighted by Crippen LogP contribution is -2.00. The van der Waals surface area contributed by atoms with Gasteiger partial charge in [0.1, 0.15) is 0 Å². The Hall–Kier alpha value is -1.05. The highest BCUT2D eigenvalue weighted by Crippen LogP contribution is 2.21. The van der Waals surface area contributed by atoms with Crippen molar-refractivity contribution >= 4 is 5.97 Å². The summed E-state index contributed by atoms with van der Waals surface area (Å²) in [4.78, 5) is 10.4. The van der Waals surface area contributed by atoms with Gasteiger partial charge in [0.2, 0.25) is 0 Å². The van der Waals surface area contributed by atoms with E-state index in [4.69, 9.17) is 5.11 Å². The molecule has 0 heterocycles. The van der Waals surface area contributed by atoms with Gasteiger partial charge in [-0.05, 0) is 38.5 Å². The summed E-state index contributed by atoms with van der Waals surface area (Å²) in [6.45, 7) is 2.03. The molecule has 1 N–H and O–H groups in total. The first-order valence-corrected chi connectivity index (χ1v) is 5.22. The van der Waals surface area contributed by atoms with Crippen molar-refractivity contribution in [3.8, 4) is 0 Å². The van der Waals surface area contributed by atoms with E-state index in [9.17, 15) is 4.79 Å². The molecule has 1 aliphatic carbocycles. The van der Waals surface area contributed by atoms with Crippen LogP contribution < -0.4 is 0 Å². The topological polar surface area (TPSA) is 37.3 Å². The van der Waals surface area contributed by atoms with Gasteiger partial charge in [-0.15, -0.1) is 0 Å². The van der Waals surface area contributed by atoms with Crippen LogP contribution in [0.5, 0.6) is 0 Å². The Morgan fingerprint density at radius 1 is 1.50 bits per heavy atom. The second-order valence-corrected chi connectivity index (χ2v) is 3.95. The Morgan fingerprint density at radius 3 is 2.86 bits per heavy atom. The summed E-state index contributed by atoms with van der Waals surface area (Å²) in [5, 5.41) is 8.53. The summed E-state index contributed by atoms with van der Waals surface area (Å²) >= 11 is 0. The summed E-state index contributed by atoms with van der Waals surface area (Å²) in [5.41, 5.74) is 1.22. The minimum Gasteiger partial charge on any atom is -0.481 e. The zero-order chi connectivity index (χ0) is 10.4. The van der Waals surface area contributed by atoms with E-state index in [0.717, 1.165) is 12.8 Å². The number of hydrogen-bond donors (Lipinski definition) is 1. The normalized spacial score (nSPS) is 22.4. The van der Waals surface area contributed by atoms with Gasteiger partial charge in [-0.2, -0.15) is 0 Å². The molecule has 0 aromatic carbocycles. The summed E-state index contributed by atoms with van der Waals surface area (Å²) in [6, 6.07) is 0. The first-order valence-electron chi connectivity index (χ1n) is 5.22. The monoisotopic (exact) mass is 194 g/mol. The molecule has 0 saturated heterocycles. The van der Waals surface area contributed by atoms with Gasteiger partial charge in [0.15, 0.2) is 0 Å². The minimum atomic E-state index is -0.707. The molecule has 14 heavy (non-hydrogen) atoms. The molecule has 1 atom stereocenters. The highest BCUT2D eigenvalue weighted by Gasteiger charge is 2.07. The van der Waals surface area contributed by atoms with Gasteiger partial charge < -0.3 is 5.11 Å². The maximum absolute atomic E-state index is 10.4. The van der Waals surface area contributed by atoms with Gasteiger partial charge >= 0.3 is 5.97 Å². The van der Waals surface area contributed by atoms with Crippen molar-refractivity contribution < 1.29 is 9.90 Å². The predicted octanol–water partition coefficient (Wildman–Crippen LogP) is 3.15. The molecule has 0 aliphatic heterocycles. The zero-order valence-electron chi connectivity index (χ0n) is 8.70. The van der Waals surface area contributed by atoms with Crippen LogP contribution in [-0.4, -0.2) is 11.1 Å². The maximum atomic E-state index is 10.4. The van der Waals surface area contributed by atoms with Gasteiger partial charge in [0.05, 0.1) is 0 Å². The van der Waals surface area contributed by atoms with Crippen LogP contribution in [0.15, 0.2) is 23.8 Å². The zero-order valence-corrected chi connectivity index (χ0v) is 8.70. The largest absolute Gasteiger partial charge is 0.481 e. The lowest BCUT2D eigenvalue weighted by atomic mass is 9.92. The molecule has 2 nitrogen and oxygen atoms in total. The third kappa shape index (κ3) is 4.26. The van der Waals surface area contributed by atoms with Crippen molar-refractivity contribution in [2.75, 3.05) is 0 Å². The smallest absolute Gasteiger partial charge is 0.303 e. The van der Waals surface area contributed by atoms with Gasteiger partial charge in [-0.25, -0.2) is 0 Å². The second kappa shape index (κ2) is 5.63. The van der Waals surface area contributed by atoms with Crippen LogP contribution in [-0.2, 0) is 4.79 Å². The highest BCUT2D eigenvalue weighted by atomic mass is 16.4. The van der Waals surface area contributed by atoms with E-state index in [1.54, 1.807) is 0 Å². The summed E-state index contributed by atoms with van der Waals surface area (Å²) in [5.74, 6) is -0.0740. The van der Waals surface area contributed by atoms with E-state index in [2.05, 4.69) is 18.2 Å². The summed E-state index contributed by atoms with van der Waals surface area (Å²) in [6.07, 6.45) is 11.1. The number of aliphatic carboxylic acids is 1. The van der Waals surface area contributed by atoms with E-state index >= 15 is 0 Å². The molecule has 0 amide bonds. The van der Waals surface area contributed by atoms with E-state index in [1.807, 2.05) is 6.92 Å². The molecular weight excluding hydrogens is 176 g/mol. The molecule has 2 heteroatoms. The number of allylic oxidation sites excluding steroid dienone is 4. The van der Waals surface area contributed by atoms with E-state index in [1.165, 1.54) is 12.0 Å². The Morgan fingerprint density at radius 2 is 2.29 bits per heavy atom. The molecule has 0 aromatic rings. The van der Waals surface area contributed by atoms with Gasteiger partial charge in [-0.3, -0.25) is 4.79 Å². The van der Waals surface area contributed by atoms with Crippen LogP contribution in [0.2, 0.25) is 0 Å². The molecule has 78 valence electrons. The predicted molar refractivity (Wildman–Crippen MR) is 57.1 cm³/mol. The van der Waals surface area contributed by atoms with Crippen molar-refractivity contribution in [3.63, 3.8) is 0 Å². The molecule has 0 bridgehead atoms. The molecule has 0 radical (unpaired) electrons. The van der Waals surface area contributed by atoms with Gasteiger partial charge in [0, 0.05) is 6.42 Å². The van der Waals surface area contributed by atoms with Crippen molar-refractivity contribution in [1.82, 2.24) is 0 Å². The lowest BCUT2D eigenvalue weighted by molar-refractivity contribution is -0.136. The molecule has 1 rings (SSSR count). The van der Waals surface area contributed by atoms with E-state index < -0.39 is 5.97 Å². The molecule has 1 aliphatic rings. The third-order valence-corrected chi connectivity index (χ3v) is 2.56. The standard InChI is InChI=1S/C12H18O2/c1-10(7-8-12(13)14)9-11-5-3-2-4-6-11/h2-3,9,11H,4-8H2,1H3,(H,13,14)/b10-9+. The van der Waals surface area contributed by atoms with Crippen molar-refractivity contribution in [2.45, 2.75) is 39.0 Å². The summed E-state index contributed by atoms with van der Waals surface area (Å²) < 4.78 is 0. The molecule has 0 spiro atoms. The van der Waals surface area contributed by atoms with Gasteiger partial charge in [0.25, 0.3) is 0 Å². The lowest BCUT2D eigenvalue weighted by Gasteiger charge is -2.14. The van der Waals surface area contributed by atoms with Gasteiger partial charge in [-0.1, -0.05) is 23.8 Å². The van der Waals surface area contributed by atoms with Crippen LogP contribution in [0.4, 0.5) is 0 Å². The highest BCUT2D eigenvalue weighted by molar-refractivity contribution is 5.66. The molecule has 0 saturated carbocycles. The first kappa shape index (κ1) is 11.0. The average Bonchev–Trinajstić information content (AvgIpc) is 2.16. The van der Waals surface area contributed by atoms with Crippen molar-refractivity contribution in [3.05, 3.63) is 23.8 Å². The molecule has 0 aromatic heterocycles. The molecule has 0 fully saturated rings. The number of carboxylic acid groups (broad SMARTS) is 1. The Balaban J connectivity index is 2.34. The fourth-order valence-electron chi connectivity index (χ4n) is 1.76. The van der Waals surface area contributed by atoms with Crippen molar-refractivity contribution in [1.29, 1.82) is 0 Å². The summed E-state index contributed by atoms with van der Waals surface area (Å²) in [7, 11) is 0. The number of rotatable bonds is 4.